The fraction of sp³-hybridized carbons (Fsp3) is 0.929. The Morgan fingerprint density at radius 3 is 2.48 bits per heavy atom. The van der Waals surface area contributed by atoms with Crippen molar-refractivity contribution in [3.05, 3.63) is 0 Å². The zero-order chi connectivity index (χ0) is 15.9. The van der Waals surface area contributed by atoms with E-state index in [1.54, 1.807) is 18.7 Å². The van der Waals surface area contributed by atoms with Crippen molar-refractivity contribution in [2.45, 2.75) is 64.5 Å². The van der Waals surface area contributed by atoms with Crippen LogP contribution in [0.3, 0.4) is 0 Å². The highest BCUT2D eigenvalue weighted by molar-refractivity contribution is 7.89. The largest absolute Gasteiger partial charge is 0.395 e. The summed E-state index contributed by atoms with van der Waals surface area (Å²) in [5, 5.41) is 9.18. The molecule has 1 unspecified atom stereocenters. The van der Waals surface area contributed by atoms with E-state index in [9.17, 15) is 18.3 Å². The lowest BCUT2D eigenvalue weighted by Crippen LogP contribution is -2.52. The van der Waals surface area contributed by atoms with Gasteiger partial charge < -0.3 is 10.0 Å². The summed E-state index contributed by atoms with van der Waals surface area (Å²) in [6, 6.07) is -0.661. The maximum atomic E-state index is 12.5. The first-order chi connectivity index (χ1) is 9.91. The van der Waals surface area contributed by atoms with Crippen LogP contribution < -0.4 is 4.72 Å². The van der Waals surface area contributed by atoms with Gasteiger partial charge in [-0.2, -0.15) is 0 Å². The van der Waals surface area contributed by atoms with Crippen molar-refractivity contribution in [1.29, 1.82) is 0 Å². The first-order valence-corrected chi connectivity index (χ1v) is 9.48. The molecule has 0 spiro atoms. The molecule has 0 aromatic carbocycles. The number of sulfonamides is 1. The summed E-state index contributed by atoms with van der Waals surface area (Å²) in [5.41, 5.74) is 0. The molecule has 7 heteroatoms. The Morgan fingerprint density at radius 2 is 1.95 bits per heavy atom. The minimum atomic E-state index is -3.42. The Morgan fingerprint density at radius 1 is 1.33 bits per heavy atom. The van der Waals surface area contributed by atoms with Crippen LogP contribution in [0.5, 0.6) is 0 Å². The number of aliphatic hydroxyl groups is 1. The molecule has 1 fully saturated rings. The van der Waals surface area contributed by atoms with Crippen LogP contribution in [-0.4, -0.2) is 55.3 Å². The number of carbonyl (C=O) groups is 1. The molecule has 0 saturated heterocycles. The summed E-state index contributed by atoms with van der Waals surface area (Å²) in [5.74, 6) is -0.218. The van der Waals surface area contributed by atoms with Gasteiger partial charge in [-0.3, -0.25) is 4.79 Å². The van der Waals surface area contributed by atoms with Gasteiger partial charge >= 0.3 is 0 Å². The van der Waals surface area contributed by atoms with E-state index in [4.69, 9.17) is 0 Å². The van der Waals surface area contributed by atoms with E-state index in [0.29, 0.717) is 6.42 Å². The van der Waals surface area contributed by atoms with Crippen molar-refractivity contribution in [2.24, 2.45) is 0 Å². The van der Waals surface area contributed by atoms with Gasteiger partial charge in [-0.15, -0.1) is 0 Å². The number of aliphatic hydroxyl groups excluding tert-OH is 1. The molecule has 124 valence electrons. The highest BCUT2D eigenvalue weighted by Gasteiger charge is 2.29. The molecular weight excluding hydrogens is 292 g/mol. The molecule has 0 aromatic heterocycles. The molecule has 0 heterocycles. The highest BCUT2D eigenvalue weighted by atomic mass is 32.2. The summed E-state index contributed by atoms with van der Waals surface area (Å²) in [6.07, 6.45) is 5.71. The molecule has 1 rings (SSSR count). The van der Waals surface area contributed by atoms with Crippen LogP contribution in [0.1, 0.15) is 52.4 Å². The van der Waals surface area contributed by atoms with Crippen molar-refractivity contribution in [3.63, 3.8) is 0 Å². The summed E-state index contributed by atoms with van der Waals surface area (Å²) in [6.45, 7) is 3.52. The van der Waals surface area contributed by atoms with Crippen LogP contribution in [0.25, 0.3) is 0 Å². The normalized spacial score (nSPS) is 18.4. The molecular formula is C14H28N2O4S. The third kappa shape index (κ3) is 5.92. The van der Waals surface area contributed by atoms with E-state index in [2.05, 4.69) is 4.72 Å². The fourth-order valence-electron chi connectivity index (χ4n) is 2.87. The van der Waals surface area contributed by atoms with Gasteiger partial charge in [0.15, 0.2) is 0 Å². The average molecular weight is 320 g/mol. The Balaban J connectivity index is 2.70. The predicted octanol–water partition coefficient (Wildman–Crippen LogP) is 0.858. The van der Waals surface area contributed by atoms with Crippen LogP contribution in [0.2, 0.25) is 0 Å². The van der Waals surface area contributed by atoms with E-state index < -0.39 is 16.1 Å². The van der Waals surface area contributed by atoms with Gasteiger partial charge in [0.05, 0.1) is 18.4 Å². The summed E-state index contributed by atoms with van der Waals surface area (Å²) >= 11 is 0. The quantitative estimate of drug-likeness (QED) is 0.694. The minimum Gasteiger partial charge on any atom is -0.395 e. The molecule has 1 aliphatic rings. The summed E-state index contributed by atoms with van der Waals surface area (Å²) in [4.78, 5) is 14.2. The fourth-order valence-corrected chi connectivity index (χ4v) is 4.16. The number of rotatable bonds is 8. The molecule has 0 radical (unpaired) electrons. The van der Waals surface area contributed by atoms with Crippen LogP contribution >= 0.6 is 0 Å². The van der Waals surface area contributed by atoms with Gasteiger partial charge in [-0.05, 0) is 26.2 Å². The van der Waals surface area contributed by atoms with Crippen molar-refractivity contribution in [3.8, 4) is 0 Å². The Kier molecular flexibility index (Phi) is 7.62. The molecule has 2 N–H and O–H groups in total. The highest BCUT2D eigenvalue weighted by Crippen LogP contribution is 2.23. The Labute approximate surface area is 128 Å². The van der Waals surface area contributed by atoms with Gasteiger partial charge in [0.25, 0.3) is 0 Å². The average Bonchev–Trinajstić information content (AvgIpc) is 2.44. The standard InChI is InChI=1S/C14H28N2O4S/c1-3-11-21(19,20)15-12(2)14(18)16(9-10-17)13-7-5-4-6-8-13/h12-13,15,17H,3-11H2,1-2H3. The second-order valence-electron chi connectivity index (χ2n) is 5.71. The van der Waals surface area contributed by atoms with Gasteiger partial charge in [0.2, 0.25) is 15.9 Å². The lowest BCUT2D eigenvalue weighted by molar-refractivity contribution is -0.136. The SMILES string of the molecule is CCCS(=O)(=O)NC(C)C(=O)N(CCO)C1CCCCC1. The number of hydrogen-bond acceptors (Lipinski definition) is 4. The second-order valence-corrected chi connectivity index (χ2v) is 7.58. The molecule has 1 atom stereocenters. The molecule has 0 bridgehead atoms. The number of carbonyl (C=O) groups excluding carboxylic acids is 1. The van der Waals surface area contributed by atoms with Gasteiger partial charge in [0.1, 0.15) is 0 Å². The van der Waals surface area contributed by atoms with Crippen molar-refractivity contribution in [2.75, 3.05) is 18.9 Å². The second kappa shape index (κ2) is 8.70. The van der Waals surface area contributed by atoms with Crippen LogP contribution in [0.4, 0.5) is 0 Å². The molecule has 1 saturated carbocycles. The summed E-state index contributed by atoms with van der Waals surface area (Å²) < 4.78 is 26.0. The first-order valence-electron chi connectivity index (χ1n) is 7.82. The predicted molar refractivity (Wildman–Crippen MR) is 82.3 cm³/mol. The van der Waals surface area contributed by atoms with E-state index >= 15 is 0 Å². The third-order valence-electron chi connectivity index (χ3n) is 3.84. The summed E-state index contributed by atoms with van der Waals surface area (Å²) in [7, 11) is -3.42. The number of nitrogens with zero attached hydrogens (tertiary/aromatic N) is 1. The molecule has 0 aliphatic heterocycles. The Bertz CT molecular complexity index is 419. The molecule has 6 nitrogen and oxygen atoms in total. The van der Waals surface area contributed by atoms with Gasteiger partial charge in [0, 0.05) is 12.6 Å². The molecule has 21 heavy (non-hydrogen) atoms. The van der Waals surface area contributed by atoms with Crippen LogP contribution in [0, 0.1) is 0 Å². The van der Waals surface area contributed by atoms with Gasteiger partial charge in [-0.25, -0.2) is 13.1 Å². The number of nitrogens with one attached hydrogen (secondary N) is 1. The van der Waals surface area contributed by atoms with Crippen molar-refractivity contribution >= 4 is 15.9 Å². The zero-order valence-corrected chi connectivity index (χ0v) is 13.9. The van der Waals surface area contributed by atoms with E-state index in [1.807, 2.05) is 0 Å². The number of hydrogen-bond donors (Lipinski definition) is 2. The monoisotopic (exact) mass is 320 g/mol. The van der Waals surface area contributed by atoms with E-state index in [-0.39, 0.29) is 30.9 Å². The zero-order valence-electron chi connectivity index (χ0n) is 13.0. The minimum absolute atomic E-state index is 0.0219. The molecule has 0 aromatic rings. The van der Waals surface area contributed by atoms with Gasteiger partial charge in [-0.1, -0.05) is 26.2 Å². The number of amides is 1. The molecule has 1 aliphatic carbocycles. The lowest BCUT2D eigenvalue weighted by atomic mass is 9.94. The Hall–Kier alpha value is -0.660. The smallest absolute Gasteiger partial charge is 0.240 e. The lowest BCUT2D eigenvalue weighted by Gasteiger charge is -2.35. The first kappa shape index (κ1) is 18.4. The molecule has 1 amide bonds. The maximum absolute atomic E-state index is 12.5. The van der Waals surface area contributed by atoms with E-state index in [0.717, 1.165) is 25.7 Å². The van der Waals surface area contributed by atoms with Crippen molar-refractivity contribution < 1.29 is 18.3 Å². The van der Waals surface area contributed by atoms with E-state index in [1.165, 1.54) is 6.42 Å². The van der Waals surface area contributed by atoms with Crippen LogP contribution in [0.15, 0.2) is 0 Å². The van der Waals surface area contributed by atoms with Crippen molar-refractivity contribution in [1.82, 2.24) is 9.62 Å². The van der Waals surface area contributed by atoms with Crippen LogP contribution in [-0.2, 0) is 14.8 Å². The maximum Gasteiger partial charge on any atom is 0.240 e. The third-order valence-corrected chi connectivity index (χ3v) is 5.50. The topological polar surface area (TPSA) is 86.7 Å².